The highest BCUT2D eigenvalue weighted by molar-refractivity contribution is 5.87. The van der Waals surface area contributed by atoms with Crippen LogP contribution in [0.2, 0.25) is 0 Å². The van der Waals surface area contributed by atoms with Crippen LogP contribution in [0, 0.1) is 0 Å². The molecule has 0 aliphatic heterocycles. The van der Waals surface area contributed by atoms with Crippen LogP contribution in [0.4, 0.5) is 17.1 Å². The first kappa shape index (κ1) is 11.4. The summed E-state index contributed by atoms with van der Waals surface area (Å²) in [5, 5.41) is 10.7. The number of fused-ring (bicyclic) bond motifs is 1. The molecule has 2 N–H and O–H groups in total. The zero-order valence-corrected chi connectivity index (χ0v) is 10.3. The third kappa shape index (κ3) is 2.60. The molecule has 3 rings (SSSR count). The van der Waals surface area contributed by atoms with Gasteiger partial charge in [0.1, 0.15) is 0 Å². The summed E-state index contributed by atoms with van der Waals surface area (Å²) in [4.78, 5) is 0. The molecule has 0 saturated heterocycles. The Morgan fingerprint density at radius 2 is 1.37 bits per heavy atom. The second kappa shape index (κ2) is 4.90. The van der Waals surface area contributed by atoms with Gasteiger partial charge in [-0.2, -0.15) is 10.2 Å². The van der Waals surface area contributed by atoms with E-state index < -0.39 is 0 Å². The zero-order valence-electron chi connectivity index (χ0n) is 10.3. The van der Waals surface area contributed by atoms with Crippen molar-refractivity contribution in [3.63, 3.8) is 0 Å². The van der Waals surface area contributed by atoms with Crippen molar-refractivity contribution in [3.05, 3.63) is 66.7 Å². The topological polar surface area (TPSA) is 50.7 Å². The maximum Gasteiger partial charge on any atom is 0.0863 e. The van der Waals surface area contributed by atoms with Gasteiger partial charge >= 0.3 is 0 Å². The fourth-order valence-electron chi connectivity index (χ4n) is 1.92. The van der Waals surface area contributed by atoms with Crippen LogP contribution < -0.4 is 5.73 Å². The minimum atomic E-state index is 0.754. The summed E-state index contributed by atoms with van der Waals surface area (Å²) in [6, 6.07) is 21.5. The highest BCUT2D eigenvalue weighted by Crippen LogP contribution is 2.24. The van der Waals surface area contributed by atoms with Crippen LogP contribution in [0.1, 0.15) is 0 Å². The maximum atomic E-state index is 5.78. The first-order chi connectivity index (χ1) is 9.31. The summed E-state index contributed by atoms with van der Waals surface area (Å²) in [5.74, 6) is 0. The van der Waals surface area contributed by atoms with E-state index >= 15 is 0 Å². The normalized spacial score (nSPS) is 11.2. The van der Waals surface area contributed by atoms with E-state index in [1.54, 1.807) is 0 Å². The van der Waals surface area contributed by atoms with Crippen LogP contribution in [0.15, 0.2) is 77.0 Å². The minimum Gasteiger partial charge on any atom is -0.399 e. The molecule has 0 atom stereocenters. The number of hydrogen-bond donors (Lipinski definition) is 1. The summed E-state index contributed by atoms with van der Waals surface area (Å²) in [6.07, 6.45) is 0. The Morgan fingerprint density at radius 3 is 2.21 bits per heavy atom. The van der Waals surface area contributed by atoms with Gasteiger partial charge in [0.05, 0.1) is 11.4 Å². The molecule has 0 aliphatic carbocycles. The molecule has 0 saturated carbocycles. The Kier molecular flexibility index (Phi) is 2.94. The molecule has 0 unspecified atom stereocenters. The van der Waals surface area contributed by atoms with Crippen LogP contribution in [-0.2, 0) is 0 Å². The molecule has 0 aromatic heterocycles. The summed E-state index contributed by atoms with van der Waals surface area (Å²) >= 11 is 0. The van der Waals surface area contributed by atoms with E-state index in [1.807, 2.05) is 66.7 Å². The van der Waals surface area contributed by atoms with E-state index in [1.165, 1.54) is 0 Å². The van der Waals surface area contributed by atoms with Gasteiger partial charge in [-0.3, -0.25) is 0 Å². The SMILES string of the molecule is Nc1ccc2ccc(N=Nc3ccccc3)cc2c1. The summed E-state index contributed by atoms with van der Waals surface area (Å²) < 4.78 is 0. The Morgan fingerprint density at radius 1 is 0.632 bits per heavy atom. The number of benzene rings is 3. The van der Waals surface area contributed by atoms with Crippen LogP contribution in [-0.4, -0.2) is 0 Å². The van der Waals surface area contributed by atoms with Gasteiger partial charge < -0.3 is 5.73 Å². The average molecular weight is 247 g/mol. The van der Waals surface area contributed by atoms with Gasteiger partial charge in [-0.05, 0) is 47.2 Å². The molecule has 92 valence electrons. The second-order valence-corrected chi connectivity index (χ2v) is 4.33. The lowest BCUT2D eigenvalue weighted by atomic mass is 10.1. The fraction of sp³-hybridized carbons (Fsp3) is 0. The van der Waals surface area contributed by atoms with E-state index in [2.05, 4.69) is 10.2 Å². The van der Waals surface area contributed by atoms with Crippen LogP contribution >= 0.6 is 0 Å². The fourth-order valence-corrected chi connectivity index (χ4v) is 1.92. The van der Waals surface area contributed by atoms with Crippen molar-refractivity contribution in [2.75, 3.05) is 5.73 Å². The van der Waals surface area contributed by atoms with Crippen LogP contribution in [0.3, 0.4) is 0 Å². The smallest absolute Gasteiger partial charge is 0.0863 e. The lowest BCUT2D eigenvalue weighted by molar-refractivity contribution is 1.23. The van der Waals surface area contributed by atoms with E-state index in [4.69, 9.17) is 5.73 Å². The quantitative estimate of drug-likeness (QED) is 0.511. The van der Waals surface area contributed by atoms with Gasteiger partial charge in [-0.1, -0.05) is 30.3 Å². The number of hydrogen-bond acceptors (Lipinski definition) is 3. The standard InChI is InChI=1S/C16H13N3/c17-14-8-6-12-7-9-16(11-13(12)10-14)19-18-15-4-2-1-3-5-15/h1-11H,17H2. The Hall–Kier alpha value is -2.68. The van der Waals surface area contributed by atoms with E-state index in [0.717, 1.165) is 27.8 Å². The number of anilines is 1. The van der Waals surface area contributed by atoms with Crippen molar-refractivity contribution in [2.24, 2.45) is 10.2 Å². The van der Waals surface area contributed by atoms with Crippen molar-refractivity contribution in [1.82, 2.24) is 0 Å². The third-order valence-electron chi connectivity index (χ3n) is 2.89. The third-order valence-corrected chi connectivity index (χ3v) is 2.89. The van der Waals surface area contributed by atoms with E-state index in [9.17, 15) is 0 Å². The highest BCUT2D eigenvalue weighted by atomic mass is 15.1. The van der Waals surface area contributed by atoms with Crippen LogP contribution in [0.5, 0.6) is 0 Å². The Bertz CT molecular complexity index is 733. The van der Waals surface area contributed by atoms with Gasteiger partial charge in [0.2, 0.25) is 0 Å². The predicted octanol–water partition coefficient (Wildman–Crippen LogP) is 4.84. The predicted molar refractivity (Wildman–Crippen MR) is 79.0 cm³/mol. The molecule has 3 heteroatoms. The average Bonchev–Trinajstić information content (AvgIpc) is 2.46. The van der Waals surface area contributed by atoms with Gasteiger partial charge in [0.25, 0.3) is 0 Å². The first-order valence-corrected chi connectivity index (χ1v) is 6.07. The number of nitrogens with two attached hydrogens (primary N) is 1. The molecule has 0 heterocycles. The molecule has 0 amide bonds. The number of nitrogen functional groups attached to an aromatic ring is 1. The molecule has 19 heavy (non-hydrogen) atoms. The molecule has 3 aromatic rings. The Balaban J connectivity index is 1.95. The molecule has 0 aliphatic rings. The lowest BCUT2D eigenvalue weighted by Gasteiger charge is -2.00. The van der Waals surface area contributed by atoms with Crippen molar-refractivity contribution < 1.29 is 0 Å². The largest absolute Gasteiger partial charge is 0.399 e. The summed E-state index contributed by atoms with van der Waals surface area (Å²) in [5.41, 5.74) is 8.20. The molecule has 3 aromatic carbocycles. The van der Waals surface area contributed by atoms with E-state index in [-0.39, 0.29) is 0 Å². The molecule has 0 spiro atoms. The van der Waals surface area contributed by atoms with Crippen molar-refractivity contribution >= 4 is 27.8 Å². The van der Waals surface area contributed by atoms with E-state index in [0.29, 0.717) is 0 Å². The van der Waals surface area contributed by atoms with Crippen molar-refractivity contribution in [3.8, 4) is 0 Å². The molecular weight excluding hydrogens is 234 g/mol. The summed E-state index contributed by atoms with van der Waals surface area (Å²) in [7, 11) is 0. The van der Waals surface area contributed by atoms with Gasteiger partial charge in [0, 0.05) is 5.69 Å². The van der Waals surface area contributed by atoms with Crippen molar-refractivity contribution in [1.29, 1.82) is 0 Å². The molecule has 0 radical (unpaired) electrons. The molecule has 3 nitrogen and oxygen atoms in total. The van der Waals surface area contributed by atoms with Gasteiger partial charge in [-0.25, -0.2) is 0 Å². The summed E-state index contributed by atoms with van der Waals surface area (Å²) in [6.45, 7) is 0. The van der Waals surface area contributed by atoms with Crippen molar-refractivity contribution in [2.45, 2.75) is 0 Å². The minimum absolute atomic E-state index is 0.754. The molecule has 0 bridgehead atoms. The lowest BCUT2D eigenvalue weighted by Crippen LogP contribution is -1.83. The zero-order chi connectivity index (χ0) is 13.1. The second-order valence-electron chi connectivity index (χ2n) is 4.33. The van der Waals surface area contributed by atoms with Gasteiger partial charge in [0.15, 0.2) is 0 Å². The van der Waals surface area contributed by atoms with Crippen LogP contribution in [0.25, 0.3) is 10.8 Å². The number of nitrogens with zero attached hydrogens (tertiary/aromatic N) is 2. The monoisotopic (exact) mass is 247 g/mol. The first-order valence-electron chi connectivity index (χ1n) is 6.07. The molecular formula is C16H13N3. The Labute approximate surface area is 111 Å². The highest BCUT2D eigenvalue weighted by Gasteiger charge is 1.96. The van der Waals surface area contributed by atoms with Gasteiger partial charge in [-0.15, -0.1) is 0 Å². The number of rotatable bonds is 2. The number of azo groups is 1. The maximum absolute atomic E-state index is 5.78. The molecule has 0 fully saturated rings.